The molecule has 1 aliphatic heterocycles. The van der Waals surface area contributed by atoms with Gasteiger partial charge in [0, 0.05) is 23.8 Å². The standard InChI is InChI=1S/C20H25N3O4S/c1-12-4-6-16(8-13(12)2)23-28(26,27)19-9-15-5-7-20(25)22-17(15)10-18(19)21-14(3)11-24/h4,6,8-10,14,21,23-24H,5,7,11H2,1-3H3,(H,22,25). The molecule has 2 aromatic rings. The monoisotopic (exact) mass is 403 g/mol. The number of hydrogen-bond acceptors (Lipinski definition) is 5. The van der Waals surface area contributed by atoms with E-state index in [-0.39, 0.29) is 23.5 Å². The summed E-state index contributed by atoms with van der Waals surface area (Å²) in [6, 6.07) is 8.23. The Kier molecular flexibility index (Phi) is 5.62. The lowest BCUT2D eigenvalue weighted by molar-refractivity contribution is -0.116. The number of aliphatic hydroxyl groups excluding tert-OH is 1. The number of hydrogen-bond donors (Lipinski definition) is 4. The summed E-state index contributed by atoms with van der Waals surface area (Å²) in [7, 11) is -3.88. The first-order valence-corrected chi connectivity index (χ1v) is 10.6. The van der Waals surface area contributed by atoms with Gasteiger partial charge in [0.05, 0.1) is 12.3 Å². The summed E-state index contributed by atoms with van der Waals surface area (Å²) in [5, 5.41) is 15.2. The van der Waals surface area contributed by atoms with E-state index in [0.29, 0.717) is 29.9 Å². The highest BCUT2D eigenvalue weighted by molar-refractivity contribution is 7.92. The van der Waals surface area contributed by atoms with Gasteiger partial charge in [0.1, 0.15) is 4.90 Å². The van der Waals surface area contributed by atoms with E-state index in [0.717, 1.165) is 16.7 Å². The van der Waals surface area contributed by atoms with Crippen molar-refractivity contribution in [2.45, 2.75) is 44.6 Å². The van der Waals surface area contributed by atoms with Crippen LogP contribution in [-0.2, 0) is 21.2 Å². The van der Waals surface area contributed by atoms with Crippen LogP contribution in [0.15, 0.2) is 35.2 Å². The Morgan fingerprint density at radius 1 is 1.14 bits per heavy atom. The van der Waals surface area contributed by atoms with Gasteiger partial charge in [-0.2, -0.15) is 0 Å². The van der Waals surface area contributed by atoms with Crippen molar-refractivity contribution in [2.75, 3.05) is 22.0 Å². The van der Waals surface area contributed by atoms with E-state index >= 15 is 0 Å². The highest BCUT2D eigenvalue weighted by Gasteiger charge is 2.25. The zero-order valence-corrected chi connectivity index (χ0v) is 17.0. The number of aryl methyl sites for hydroxylation is 3. The van der Waals surface area contributed by atoms with Gasteiger partial charge in [-0.3, -0.25) is 9.52 Å². The van der Waals surface area contributed by atoms with Crippen molar-refractivity contribution in [3.8, 4) is 0 Å². The Hall–Kier alpha value is -2.58. The van der Waals surface area contributed by atoms with Gasteiger partial charge in [0.15, 0.2) is 0 Å². The second-order valence-electron chi connectivity index (χ2n) is 7.19. The van der Waals surface area contributed by atoms with Crippen LogP contribution in [0.4, 0.5) is 17.1 Å². The van der Waals surface area contributed by atoms with Crippen LogP contribution in [-0.4, -0.2) is 32.1 Å². The van der Waals surface area contributed by atoms with Gasteiger partial charge in [0.2, 0.25) is 5.91 Å². The third kappa shape index (κ3) is 4.28. The highest BCUT2D eigenvalue weighted by atomic mass is 32.2. The fourth-order valence-corrected chi connectivity index (χ4v) is 4.32. The molecule has 4 N–H and O–H groups in total. The minimum atomic E-state index is -3.88. The zero-order valence-electron chi connectivity index (χ0n) is 16.2. The molecule has 3 rings (SSSR count). The lowest BCUT2D eigenvalue weighted by Crippen LogP contribution is -2.25. The first-order valence-electron chi connectivity index (χ1n) is 9.14. The average Bonchev–Trinajstić information content (AvgIpc) is 2.63. The average molecular weight is 404 g/mol. The molecule has 0 aromatic heterocycles. The summed E-state index contributed by atoms with van der Waals surface area (Å²) in [6.45, 7) is 5.47. The highest BCUT2D eigenvalue weighted by Crippen LogP contribution is 2.33. The van der Waals surface area contributed by atoms with Gasteiger partial charge >= 0.3 is 0 Å². The number of nitrogens with one attached hydrogen (secondary N) is 3. The predicted octanol–water partition coefficient (Wildman–Crippen LogP) is 2.78. The fourth-order valence-electron chi connectivity index (χ4n) is 3.07. The SMILES string of the molecule is Cc1ccc(NS(=O)(=O)c2cc3c(cc2NC(C)CO)NC(=O)CC3)cc1C. The number of amides is 1. The minimum Gasteiger partial charge on any atom is -0.394 e. The summed E-state index contributed by atoms with van der Waals surface area (Å²) in [5.74, 6) is -0.0995. The molecule has 0 aliphatic carbocycles. The normalized spacial score (nSPS) is 14.8. The van der Waals surface area contributed by atoms with E-state index in [9.17, 15) is 18.3 Å². The molecule has 7 nitrogen and oxygen atoms in total. The van der Waals surface area contributed by atoms with Gasteiger partial charge in [-0.05, 0) is 68.1 Å². The fraction of sp³-hybridized carbons (Fsp3) is 0.350. The molecule has 1 unspecified atom stereocenters. The van der Waals surface area contributed by atoms with E-state index in [1.807, 2.05) is 19.9 Å². The Morgan fingerprint density at radius 2 is 1.89 bits per heavy atom. The Balaban J connectivity index is 2.04. The number of anilines is 3. The van der Waals surface area contributed by atoms with Crippen LogP contribution in [0, 0.1) is 13.8 Å². The van der Waals surface area contributed by atoms with Crippen LogP contribution in [0.5, 0.6) is 0 Å². The molecule has 1 heterocycles. The Labute approximate surface area is 165 Å². The quantitative estimate of drug-likeness (QED) is 0.593. The van der Waals surface area contributed by atoms with Crippen LogP contribution in [0.3, 0.4) is 0 Å². The van der Waals surface area contributed by atoms with Crippen LogP contribution < -0.4 is 15.4 Å². The summed E-state index contributed by atoms with van der Waals surface area (Å²) in [5.41, 5.74) is 4.23. The van der Waals surface area contributed by atoms with E-state index in [2.05, 4.69) is 15.4 Å². The van der Waals surface area contributed by atoms with Gasteiger partial charge < -0.3 is 15.7 Å². The smallest absolute Gasteiger partial charge is 0.263 e. The molecule has 0 radical (unpaired) electrons. The third-order valence-corrected chi connectivity index (χ3v) is 6.25. The van der Waals surface area contributed by atoms with Crippen LogP contribution in [0.1, 0.15) is 30.0 Å². The molecule has 1 aliphatic rings. The first-order chi connectivity index (χ1) is 13.2. The molecular formula is C20H25N3O4S. The molecule has 28 heavy (non-hydrogen) atoms. The topological polar surface area (TPSA) is 108 Å². The predicted molar refractivity (Wildman–Crippen MR) is 110 cm³/mol. The maximum Gasteiger partial charge on any atom is 0.263 e. The molecule has 1 amide bonds. The molecule has 8 heteroatoms. The van der Waals surface area contributed by atoms with Gasteiger partial charge in [0.25, 0.3) is 10.0 Å². The minimum absolute atomic E-state index is 0.0842. The molecule has 150 valence electrons. The van der Waals surface area contributed by atoms with Crippen molar-refractivity contribution in [1.82, 2.24) is 0 Å². The van der Waals surface area contributed by atoms with Gasteiger partial charge in [-0.25, -0.2) is 8.42 Å². The Morgan fingerprint density at radius 3 is 2.57 bits per heavy atom. The van der Waals surface area contributed by atoms with Crippen LogP contribution >= 0.6 is 0 Å². The van der Waals surface area contributed by atoms with Crippen molar-refractivity contribution in [2.24, 2.45) is 0 Å². The van der Waals surface area contributed by atoms with E-state index in [1.54, 1.807) is 31.2 Å². The molecule has 1 atom stereocenters. The number of fused-ring (bicyclic) bond motifs is 1. The van der Waals surface area contributed by atoms with Crippen molar-refractivity contribution in [3.05, 3.63) is 47.0 Å². The van der Waals surface area contributed by atoms with Crippen molar-refractivity contribution in [3.63, 3.8) is 0 Å². The van der Waals surface area contributed by atoms with Crippen LogP contribution in [0.2, 0.25) is 0 Å². The van der Waals surface area contributed by atoms with Gasteiger partial charge in [-0.1, -0.05) is 6.07 Å². The second kappa shape index (κ2) is 7.81. The maximum atomic E-state index is 13.1. The molecular weight excluding hydrogens is 378 g/mol. The van der Waals surface area contributed by atoms with E-state index < -0.39 is 10.0 Å². The summed E-state index contributed by atoms with van der Waals surface area (Å²) < 4.78 is 28.9. The lowest BCUT2D eigenvalue weighted by Gasteiger charge is -2.23. The second-order valence-corrected chi connectivity index (χ2v) is 8.84. The number of rotatable bonds is 6. The number of carbonyl (C=O) groups is 1. The maximum absolute atomic E-state index is 13.1. The third-order valence-electron chi connectivity index (χ3n) is 4.83. The van der Waals surface area contributed by atoms with Crippen LogP contribution in [0.25, 0.3) is 0 Å². The summed E-state index contributed by atoms with van der Waals surface area (Å²) in [4.78, 5) is 11.8. The number of carbonyl (C=O) groups excluding carboxylic acids is 1. The number of aliphatic hydroxyl groups is 1. The summed E-state index contributed by atoms with van der Waals surface area (Å²) >= 11 is 0. The van der Waals surface area contributed by atoms with Gasteiger partial charge in [-0.15, -0.1) is 0 Å². The lowest BCUT2D eigenvalue weighted by atomic mass is 10.0. The molecule has 0 spiro atoms. The Bertz CT molecular complexity index is 1020. The molecule has 0 saturated heterocycles. The van der Waals surface area contributed by atoms with E-state index in [4.69, 9.17) is 0 Å². The molecule has 0 fully saturated rings. The van der Waals surface area contributed by atoms with Crippen molar-refractivity contribution < 1.29 is 18.3 Å². The van der Waals surface area contributed by atoms with Crippen molar-refractivity contribution in [1.29, 1.82) is 0 Å². The summed E-state index contributed by atoms with van der Waals surface area (Å²) in [6.07, 6.45) is 0.792. The molecule has 0 saturated carbocycles. The van der Waals surface area contributed by atoms with Crippen molar-refractivity contribution >= 4 is 33.0 Å². The molecule has 0 bridgehead atoms. The molecule has 2 aromatic carbocycles. The number of benzene rings is 2. The van der Waals surface area contributed by atoms with E-state index in [1.165, 1.54) is 0 Å². The zero-order chi connectivity index (χ0) is 20.5. The largest absolute Gasteiger partial charge is 0.394 e. The first kappa shape index (κ1) is 20.2. The number of sulfonamides is 1.